The molecule has 2 N–H and O–H groups in total. The van der Waals surface area contributed by atoms with Gasteiger partial charge in [0.1, 0.15) is 5.01 Å². The fourth-order valence-corrected chi connectivity index (χ4v) is 3.73. The van der Waals surface area contributed by atoms with Crippen molar-refractivity contribution in [1.29, 1.82) is 0 Å². The molecule has 2 aromatic rings. The van der Waals surface area contributed by atoms with Gasteiger partial charge in [-0.1, -0.05) is 30.3 Å². The zero-order chi connectivity index (χ0) is 16.1. The monoisotopic (exact) mass is 365 g/mol. The molecule has 0 saturated carbocycles. The van der Waals surface area contributed by atoms with Crippen molar-refractivity contribution < 1.29 is 4.79 Å². The molecule has 1 amide bonds. The number of nitrogens with zero attached hydrogens (tertiary/aromatic N) is 1. The van der Waals surface area contributed by atoms with Crippen LogP contribution in [0.5, 0.6) is 0 Å². The molecule has 0 bridgehead atoms. The highest BCUT2D eigenvalue weighted by atomic mass is 35.5. The summed E-state index contributed by atoms with van der Waals surface area (Å²) in [6.07, 6.45) is 2.77. The van der Waals surface area contributed by atoms with E-state index >= 15 is 0 Å². The van der Waals surface area contributed by atoms with E-state index in [0.29, 0.717) is 12.3 Å². The van der Waals surface area contributed by atoms with E-state index < -0.39 is 0 Å². The second-order valence-electron chi connectivity index (χ2n) is 6.12. The van der Waals surface area contributed by atoms with E-state index in [-0.39, 0.29) is 24.4 Å². The van der Waals surface area contributed by atoms with Crippen molar-refractivity contribution in [1.82, 2.24) is 15.6 Å². The van der Waals surface area contributed by atoms with Gasteiger partial charge in [0.05, 0.1) is 11.7 Å². The smallest absolute Gasteiger partial charge is 0.220 e. The second kappa shape index (κ2) is 9.16. The molecule has 1 aliphatic rings. The van der Waals surface area contributed by atoms with Crippen molar-refractivity contribution >= 4 is 29.7 Å². The highest BCUT2D eigenvalue weighted by molar-refractivity contribution is 7.10. The lowest BCUT2D eigenvalue weighted by Crippen LogP contribution is -2.27. The molecule has 24 heavy (non-hydrogen) atoms. The minimum absolute atomic E-state index is 0. The van der Waals surface area contributed by atoms with Crippen molar-refractivity contribution in [3.63, 3.8) is 0 Å². The number of carbonyl (C=O) groups is 1. The fraction of sp³-hybridized carbons (Fsp3) is 0.444. The summed E-state index contributed by atoms with van der Waals surface area (Å²) in [5.41, 5.74) is 2.09. The van der Waals surface area contributed by atoms with E-state index in [1.807, 2.05) is 25.1 Å². The van der Waals surface area contributed by atoms with E-state index in [2.05, 4.69) is 33.1 Å². The molecular formula is C18H24ClN3OS. The fourth-order valence-electron chi connectivity index (χ4n) is 2.90. The molecule has 2 unspecified atom stereocenters. The Labute approximate surface area is 153 Å². The molecular weight excluding hydrogens is 342 g/mol. The Morgan fingerprint density at radius 3 is 2.92 bits per heavy atom. The summed E-state index contributed by atoms with van der Waals surface area (Å²) in [6.45, 7) is 4.14. The normalized spacial score (nSPS) is 18.0. The Kier molecular flexibility index (Phi) is 7.21. The number of benzene rings is 1. The summed E-state index contributed by atoms with van der Waals surface area (Å²) in [5, 5.41) is 9.43. The average Bonchev–Trinajstić information content (AvgIpc) is 3.25. The van der Waals surface area contributed by atoms with Gasteiger partial charge in [-0.3, -0.25) is 4.79 Å². The van der Waals surface area contributed by atoms with Gasteiger partial charge in [-0.2, -0.15) is 0 Å². The summed E-state index contributed by atoms with van der Waals surface area (Å²) in [4.78, 5) is 16.8. The molecule has 3 rings (SSSR count). The first-order chi connectivity index (χ1) is 11.2. The maximum absolute atomic E-state index is 12.1. The standard InChI is InChI=1S/C18H23N3OS.ClH/c1-13(20-17(22)8-7-14-9-10-19-11-14)18-21-16(12-23-18)15-5-3-2-4-6-15;/h2-6,12-14,19H,7-11H2,1H3,(H,20,22);1H. The molecule has 130 valence electrons. The van der Waals surface area contributed by atoms with Crippen LogP contribution in [0.3, 0.4) is 0 Å². The zero-order valence-corrected chi connectivity index (χ0v) is 15.5. The van der Waals surface area contributed by atoms with E-state index in [0.717, 1.165) is 35.8 Å². The molecule has 1 saturated heterocycles. The Morgan fingerprint density at radius 1 is 1.42 bits per heavy atom. The topological polar surface area (TPSA) is 54.0 Å². The number of carbonyl (C=O) groups excluding carboxylic acids is 1. The summed E-state index contributed by atoms with van der Waals surface area (Å²) in [6, 6.07) is 10.1. The van der Waals surface area contributed by atoms with Gasteiger partial charge in [0, 0.05) is 17.4 Å². The lowest BCUT2D eigenvalue weighted by atomic mass is 10.0. The van der Waals surface area contributed by atoms with Gasteiger partial charge in [-0.25, -0.2) is 4.98 Å². The minimum atomic E-state index is -0.0355. The van der Waals surface area contributed by atoms with Crippen molar-refractivity contribution in [3.8, 4) is 11.3 Å². The van der Waals surface area contributed by atoms with E-state index in [1.54, 1.807) is 11.3 Å². The first-order valence-corrected chi connectivity index (χ1v) is 9.11. The maximum Gasteiger partial charge on any atom is 0.220 e. The van der Waals surface area contributed by atoms with Crippen molar-refractivity contribution in [2.75, 3.05) is 13.1 Å². The van der Waals surface area contributed by atoms with Crippen LogP contribution in [0.2, 0.25) is 0 Å². The van der Waals surface area contributed by atoms with Gasteiger partial charge in [0.25, 0.3) is 0 Å². The van der Waals surface area contributed by atoms with Gasteiger partial charge in [-0.05, 0) is 38.8 Å². The van der Waals surface area contributed by atoms with Crippen LogP contribution < -0.4 is 10.6 Å². The van der Waals surface area contributed by atoms with Gasteiger partial charge in [-0.15, -0.1) is 23.7 Å². The summed E-state index contributed by atoms with van der Waals surface area (Å²) >= 11 is 1.60. The van der Waals surface area contributed by atoms with Crippen LogP contribution in [0.15, 0.2) is 35.7 Å². The van der Waals surface area contributed by atoms with Crippen LogP contribution in [-0.2, 0) is 4.79 Å². The third kappa shape index (κ3) is 5.03. The van der Waals surface area contributed by atoms with E-state index in [9.17, 15) is 4.79 Å². The zero-order valence-electron chi connectivity index (χ0n) is 13.8. The first-order valence-electron chi connectivity index (χ1n) is 8.23. The number of rotatable bonds is 6. The van der Waals surface area contributed by atoms with Gasteiger partial charge < -0.3 is 10.6 Å². The molecule has 6 heteroatoms. The minimum Gasteiger partial charge on any atom is -0.347 e. The second-order valence-corrected chi connectivity index (χ2v) is 7.01. The SMILES string of the molecule is CC(NC(=O)CCC1CCNC1)c1nc(-c2ccccc2)cs1.Cl. The highest BCUT2D eigenvalue weighted by Crippen LogP contribution is 2.25. The largest absolute Gasteiger partial charge is 0.347 e. The quantitative estimate of drug-likeness (QED) is 0.818. The third-order valence-electron chi connectivity index (χ3n) is 4.28. The number of aromatic nitrogens is 1. The van der Waals surface area contributed by atoms with Crippen LogP contribution in [0.4, 0.5) is 0 Å². The summed E-state index contributed by atoms with van der Waals surface area (Å²) in [5.74, 6) is 0.779. The van der Waals surface area contributed by atoms with Gasteiger partial charge in [0.15, 0.2) is 0 Å². The Balaban J connectivity index is 0.00000208. The van der Waals surface area contributed by atoms with Crippen molar-refractivity contribution in [2.24, 2.45) is 5.92 Å². The molecule has 0 spiro atoms. The van der Waals surface area contributed by atoms with Crippen LogP contribution in [-0.4, -0.2) is 24.0 Å². The van der Waals surface area contributed by atoms with Gasteiger partial charge >= 0.3 is 0 Å². The van der Waals surface area contributed by atoms with Crippen LogP contribution in [0.1, 0.15) is 37.2 Å². The molecule has 1 aromatic carbocycles. The Bertz CT molecular complexity index is 641. The molecule has 1 aliphatic heterocycles. The molecule has 1 aromatic heterocycles. The molecule has 1 fully saturated rings. The highest BCUT2D eigenvalue weighted by Gasteiger charge is 2.18. The van der Waals surface area contributed by atoms with Crippen molar-refractivity contribution in [2.45, 2.75) is 32.2 Å². The molecule has 0 aliphatic carbocycles. The van der Waals surface area contributed by atoms with Crippen LogP contribution in [0.25, 0.3) is 11.3 Å². The molecule has 4 nitrogen and oxygen atoms in total. The van der Waals surface area contributed by atoms with Crippen LogP contribution >= 0.6 is 23.7 Å². The predicted molar refractivity (Wildman–Crippen MR) is 102 cm³/mol. The lowest BCUT2D eigenvalue weighted by molar-refractivity contribution is -0.122. The number of hydrogen-bond donors (Lipinski definition) is 2. The average molecular weight is 366 g/mol. The lowest BCUT2D eigenvalue weighted by Gasteiger charge is -2.12. The number of amides is 1. The van der Waals surface area contributed by atoms with E-state index in [4.69, 9.17) is 0 Å². The third-order valence-corrected chi connectivity index (χ3v) is 5.31. The number of halogens is 1. The Hall–Kier alpha value is -1.43. The maximum atomic E-state index is 12.1. The molecule has 0 radical (unpaired) electrons. The Morgan fingerprint density at radius 2 is 2.21 bits per heavy atom. The van der Waals surface area contributed by atoms with E-state index in [1.165, 1.54) is 6.42 Å². The predicted octanol–water partition coefficient (Wildman–Crippen LogP) is 3.80. The molecule has 2 atom stereocenters. The van der Waals surface area contributed by atoms with Crippen LogP contribution in [0, 0.1) is 5.92 Å². The first kappa shape index (κ1) is 18.9. The number of nitrogens with one attached hydrogen (secondary N) is 2. The summed E-state index contributed by atoms with van der Waals surface area (Å²) in [7, 11) is 0. The number of thiazole rings is 1. The van der Waals surface area contributed by atoms with Crippen molar-refractivity contribution in [3.05, 3.63) is 40.7 Å². The summed E-state index contributed by atoms with van der Waals surface area (Å²) < 4.78 is 0. The number of hydrogen-bond acceptors (Lipinski definition) is 4. The van der Waals surface area contributed by atoms with Gasteiger partial charge in [0.2, 0.25) is 5.91 Å². The molecule has 2 heterocycles.